The van der Waals surface area contributed by atoms with E-state index in [4.69, 9.17) is 14.2 Å². The van der Waals surface area contributed by atoms with Crippen molar-refractivity contribution < 1.29 is 32.2 Å². The fourth-order valence-corrected chi connectivity index (χ4v) is 3.83. The molecule has 0 bridgehead atoms. The molecular weight excluding hydrogens is 467 g/mol. The summed E-state index contributed by atoms with van der Waals surface area (Å²) >= 11 is 0. The van der Waals surface area contributed by atoms with E-state index in [0.29, 0.717) is 59.3 Å². The fraction of sp³-hybridized carbons (Fsp3) is 0.391. The Labute approximate surface area is 199 Å². The van der Waals surface area contributed by atoms with Crippen LogP contribution in [0.4, 0.5) is 18.9 Å². The van der Waals surface area contributed by atoms with Gasteiger partial charge < -0.3 is 14.2 Å². The third-order valence-electron chi connectivity index (χ3n) is 5.39. The fourth-order valence-electron chi connectivity index (χ4n) is 3.83. The quantitative estimate of drug-likeness (QED) is 0.421. The molecule has 0 saturated heterocycles. The molecule has 0 spiro atoms. The molecule has 0 fully saturated rings. The van der Waals surface area contributed by atoms with E-state index in [1.165, 1.54) is 24.4 Å². The summed E-state index contributed by atoms with van der Waals surface area (Å²) in [6.07, 6.45) is 0.329. The minimum atomic E-state index is -4.41. The lowest BCUT2D eigenvalue weighted by molar-refractivity contribution is -0.142. The second-order valence-electron chi connectivity index (χ2n) is 7.97. The van der Waals surface area contributed by atoms with Crippen molar-refractivity contribution >= 4 is 11.6 Å². The highest BCUT2D eigenvalue weighted by Crippen LogP contribution is 2.34. The molecule has 0 radical (unpaired) electrons. The molecule has 4 rings (SSSR count). The number of nitrogens with zero attached hydrogens (tertiary/aromatic N) is 5. The number of carbonyl (C=O) groups excluding carboxylic acids is 1. The van der Waals surface area contributed by atoms with Crippen LogP contribution in [0.3, 0.4) is 0 Å². The predicted molar refractivity (Wildman–Crippen MR) is 120 cm³/mol. The molecule has 186 valence electrons. The molecule has 9 nitrogen and oxygen atoms in total. The van der Waals surface area contributed by atoms with E-state index in [-0.39, 0.29) is 18.1 Å². The molecule has 12 heteroatoms. The maximum atomic E-state index is 13.0. The second-order valence-corrected chi connectivity index (χ2v) is 7.97. The van der Waals surface area contributed by atoms with Crippen molar-refractivity contribution in [3.63, 3.8) is 0 Å². The van der Waals surface area contributed by atoms with Crippen molar-refractivity contribution in [3.8, 4) is 22.9 Å². The molecule has 0 aliphatic carbocycles. The summed E-state index contributed by atoms with van der Waals surface area (Å²) in [5.41, 5.74) is 3.17. The number of amides is 1. The number of hydrogen-bond acceptors (Lipinski definition) is 7. The van der Waals surface area contributed by atoms with Crippen LogP contribution in [-0.4, -0.2) is 59.3 Å². The van der Waals surface area contributed by atoms with E-state index in [2.05, 4.69) is 15.1 Å². The molecule has 1 aliphatic rings. The zero-order chi connectivity index (χ0) is 25.2. The summed E-state index contributed by atoms with van der Waals surface area (Å²) in [7, 11) is 3.12. The van der Waals surface area contributed by atoms with E-state index in [1.54, 1.807) is 32.4 Å². The summed E-state index contributed by atoms with van der Waals surface area (Å²) in [5.74, 6) is 0.454. The normalized spacial score (nSPS) is 13.3. The summed E-state index contributed by atoms with van der Waals surface area (Å²) in [6, 6.07) is 3.54. The predicted octanol–water partition coefficient (Wildman–Crippen LogP) is 3.80. The van der Waals surface area contributed by atoms with Crippen LogP contribution in [-0.2, 0) is 17.8 Å². The summed E-state index contributed by atoms with van der Waals surface area (Å²) in [5, 5.41) is 3.73. The van der Waals surface area contributed by atoms with Crippen LogP contribution >= 0.6 is 0 Å². The van der Waals surface area contributed by atoms with Crippen LogP contribution in [0.2, 0.25) is 0 Å². The average molecular weight is 491 g/mol. The number of halogens is 3. The average Bonchev–Trinajstić information content (AvgIpc) is 3.39. The Kier molecular flexibility index (Phi) is 6.92. The van der Waals surface area contributed by atoms with Crippen LogP contribution in [0, 0.1) is 6.92 Å². The number of ether oxygens (including phenoxy) is 3. The van der Waals surface area contributed by atoms with Gasteiger partial charge in [0.2, 0.25) is 0 Å². The smallest absolute Gasteiger partial charge is 0.408 e. The van der Waals surface area contributed by atoms with Gasteiger partial charge in [0.25, 0.3) is 11.8 Å². The maximum absolute atomic E-state index is 13.0. The van der Waals surface area contributed by atoms with Crippen molar-refractivity contribution in [2.45, 2.75) is 32.6 Å². The molecule has 0 saturated carbocycles. The van der Waals surface area contributed by atoms with E-state index < -0.39 is 12.7 Å². The van der Waals surface area contributed by atoms with E-state index in [1.807, 2.05) is 0 Å². The van der Waals surface area contributed by atoms with Crippen LogP contribution in [0.1, 0.15) is 28.0 Å². The van der Waals surface area contributed by atoms with Crippen molar-refractivity contribution in [1.29, 1.82) is 0 Å². The first-order chi connectivity index (χ1) is 16.7. The molecule has 1 amide bonds. The van der Waals surface area contributed by atoms with Gasteiger partial charge in [-0.2, -0.15) is 18.3 Å². The Morgan fingerprint density at radius 3 is 2.66 bits per heavy atom. The number of carbonyl (C=O) groups is 1. The summed E-state index contributed by atoms with van der Waals surface area (Å²) in [4.78, 5) is 23.4. The maximum Gasteiger partial charge on any atom is 0.408 e. The minimum Gasteiger partial charge on any atom is -0.488 e. The monoisotopic (exact) mass is 491 g/mol. The highest BCUT2D eigenvalue weighted by molar-refractivity contribution is 6.10. The molecule has 1 aliphatic heterocycles. The van der Waals surface area contributed by atoms with Gasteiger partial charge in [-0.25, -0.2) is 4.98 Å². The number of aryl methyl sites for hydroxylation is 1. The van der Waals surface area contributed by atoms with Crippen LogP contribution < -0.4 is 14.4 Å². The Hall–Kier alpha value is -3.67. The molecule has 0 atom stereocenters. The van der Waals surface area contributed by atoms with Crippen LogP contribution in [0.15, 0.2) is 30.7 Å². The number of methoxy groups -OCH3 is 2. The zero-order valence-electron chi connectivity index (χ0n) is 19.4. The third-order valence-corrected chi connectivity index (χ3v) is 5.39. The lowest BCUT2D eigenvalue weighted by atomic mass is 10.0. The van der Waals surface area contributed by atoms with Gasteiger partial charge in [0.15, 0.2) is 5.75 Å². The molecule has 4 heterocycles. The number of rotatable bonds is 9. The largest absolute Gasteiger partial charge is 0.488 e. The topological polar surface area (TPSA) is 91.6 Å². The second kappa shape index (κ2) is 9.90. The van der Waals surface area contributed by atoms with Gasteiger partial charge >= 0.3 is 6.18 Å². The molecule has 0 aromatic carbocycles. The third kappa shape index (κ3) is 5.37. The number of fused-ring (bicyclic) bond motifs is 1. The molecule has 0 unspecified atom stereocenters. The Morgan fingerprint density at radius 2 is 1.94 bits per heavy atom. The SMILES string of the molecule is COCCCOc1cc(-c2cc(C)c3c(n2)CN(c2cnn(CC(F)(F)F)c2)C3=O)cnc1OC. The highest BCUT2D eigenvalue weighted by atomic mass is 19.4. The van der Waals surface area contributed by atoms with Gasteiger partial charge in [0.05, 0.1) is 49.1 Å². The number of hydrogen-bond donors (Lipinski definition) is 0. The Bertz CT molecular complexity index is 1230. The van der Waals surface area contributed by atoms with Gasteiger partial charge in [0.1, 0.15) is 6.54 Å². The lowest BCUT2D eigenvalue weighted by Gasteiger charge is -2.12. The highest BCUT2D eigenvalue weighted by Gasteiger charge is 2.34. The lowest BCUT2D eigenvalue weighted by Crippen LogP contribution is -2.23. The summed E-state index contributed by atoms with van der Waals surface area (Å²) < 4.78 is 54.9. The van der Waals surface area contributed by atoms with Crippen molar-refractivity contribution in [3.05, 3.63) is 47.5 Å². The summed E-state index contributed by atoms with van der Waals surface area (Å²) in [6.45, 7) is 1.64. The molecule has 0 N–H and O–H groups in total. The van der Waals surface area contributed by atoms with Crippen LogP contribution in [0.25, 0.3) is 11.3 Å². The van der Waals surface area contributed by atoms with E-state index >= 15 is 0 Å². The van der Waals surface area contributed by atoms with Crippen molar-refractivity contribution in [2.24, 2.45) is 0 Å². The molecule has 35 heavy (non-hydrogen) atoms. The first kappa shape index (κ1) is 24.5. The molecular formula is C23H24F3N5O4. The van der Waals surface area contributed by atoms with Gasteiger partial charge in [-0.05, 0) is 24.6 Å². The van der Waals surface area contributed by atoms with E-state index in [0.717, 1.165) is 4.68 Å². The number of aromatic nitrogens is 4. The van der Waals surface area contributed by atoms with Gasteiger partial charge in [-0.1, -0.05) is 0 Å². The van der Waals surface area contributed by atoms with Gasteiger partial charge in [-0.3, -0.25) is 19.4 Å². The number of anilines is 1. The van der Waals surface area contributed by atoms with Crippen molar-refractivity contribution in [1.82, 2.24) is 19.7 Å². The minimum absolute atomic E-state index is 0.116. The molecule has 3 aromatic heterocycles. The standard InChI is InChI=1S/C23H24F3N5O4/c1-14-7-17(15-8-19(21(34-3)27-9-15)35-6-4-5-33-2)29-18-12-31(22(32)20(14)18)16-10-28-30(11-16)13-23(24,25)26/h7-11H,4-6,12-13H2,1-3H3. The van der Waals surface area contributed by atoms with E-state index in [9.17, 15) is 18.0 Å². The van der Waals surface area contributed by atoms with Gasteiger partial charge in [0, 0.05) is 38.1 Å². The zero-order valence-corrected chi connectivity index (χ0v) is 19.4. The Morgan fingerprint density at radius 1 is 1.14 bits per heavy atom. The first-order valence-electron chi connectivity index (χ1n) is 10.8. The number of pyridine rings is 2. The first-order valence-corrected chi connectivity index (χ1v) is 10.8. The van der Waals surface area contributed by atoms with Crippen molar-refractivity contribution in [2.75, 3.05) is 32.3 Å². The van der Waals surface area contributed by atoms with Gasteiger partial charge in [-0.15, -0.1) is 0 Å². The molecule has 3 aromatic rings. The number of alkyl halides is 3. The Balaban J connectivity index is 1.59. The van der Waals surface area contributed by atoms with Crippen LogP contribution in [0.5, 0.6) is 11.6 Å².